The molecule has 6 rings (SSSR count). The van der Waals surface area contributed by atoms with Crippen molar-refractivity contribution in [1.82, 2.24) is 35.0 Å². The molecule has 10 nitrogen and oxygen atoms in total. The highest BCUT2D eigenvalue weighted by Crippen LogP contribution is 2.32. The molecule has 36 heavy (non-hydrogen) atoms. The van der Waals surface area contributed by atoms with Crippen molar-refractivity contribution >= 4 is 27.5 Å². The van der Waals surface area contributed by atoms with E-state index in [4.69, 9.17) is 9.47 Å². The zero-order valence-electron chi connectivity index (χ0n) is 19.2. The van der Waals surface area contributed by atoms with E-state index in [1.54, 1.807) is 20.7 Å². The predicted octanol–water partition coefficient (Wildman–Crippen LogP) is 3.94. The van der Waals surface area contributed by atoms with Crippen LogP contribution in [0.4, 0.5) is 0 Å². The van der Waals surface area contributed by atoms with Crippen molar-refractivity contribution in [3.8, 4) is 16.9 Å². The fourth-order valence-corrected chi connectivity index (χ4v) is 4.95. The van der Waals surface area contributed by atoms with Gasteiger partial charge in [0, 0.05) is 12.5 Å². The molecule has 0 bridgehead atoms. The Hall–Kier alpha value is -4.22. The molecule has 0 unspecified atom stereocenters. The van der Waals surface area contributed by atoms with E-state index < -0.39 is 12.2 Å². The molecule has 1 aliphatic heterocycles. The zero-order chi connectivity index (χ0) is 24.5. The molecule has 0 saturated heterocycles. The van der Waals surface area contributed by atoms with Crippen molar-refractivity contribution in [2.24, 2.45) is 0 Å². The van der Waals surface area contributed by atoms with E-state index in [0.717, 1.165) is 27.2 Å². The van der Waals surface area contributed by atoms with Gasteiger partial charge in [0.15, 0.2) is 0 Å². The Kier molecular flexibility index (Phi) is 5.84. The number of rotatable bonds is 6. The Bertz CT molecular complexity index is 1540. The molecule has 0 N–H and O–H groups in total. The van der Waals surface area contributed by atoms with Gasteiger partial charge in [-0.15, -0.1) is 21.5 Å². The smallest absolute Gasteiger partial charge is 0.302 e. The van der Waals surface area contributed by atoms with Crippen LogP contribution in [-0.4, -0.2) is 53.7 Å². The molecule has 5 aromatic rings. The fourth-order valence-electron chi connectivity index (χ4n) is 4.16. The summed E-state index contributed by atoms with van der Waals surface area (Å²) in [7, 11) is 0. The third kappa shape index (κ3) is 4.30. The lowest BCUT2D eigenvalue weighted by atomic mass is 10.1. The Morgan fingerprint density at radius 1 is 1.06 bits per heavy atom. The van der Waals surface area contributed by atoms with Gasteiger partial charge in [-0.25, -0.2) is 14.3 Å². The van der Waals surface area contributed by atoms with Crippen molar-refractivity contribution in [2.45, 2.75) is 25.2 Å². The first-order chi connectivity index (χ1) is 17.7. The molecular formula is C25H21N7O3S. The van der Waals surface area contributed by atoms with Crippen molar-refractivity contribution < 1.29 is 14.3 Å². The first-order valence-electron chi connectivity index (χ1n) is 11.3. The first kappa shape index (κ1) is 22.3. The molecule has 0 saturated carbocycles. The van der Waals surface area contributed by atoms with E-state index in [-0.39, 0.29) is 18.6 Å². The standard InChI is InChI=1S/C25H21N7O3S/c1-16(33)34-14-24-21(31-12-19(27-29-31)17-6-3-2-4-7-17)10-11-23(35-24)20-13-32(30-28-20)22-9-5-8-18-25(22)36-15-26-18/h2-13,15,21,23-24H,14H2,1H3/t21-,23-,24+/m0/s1. The summed E-state index contributed by atoms with van der Waals surface area (Å²) in [4.78, 5) is 15.9. The minimum atomic E-state index is -0.496. The highest BCUT2D eigenvalue weighted by molar-refractivity contribution is 7.17. The molecule has 1 aliphatic rings. The molecule has 4 heterocycles. The fraction of sp³-hybridized carbons (Fsp3) is 0.200. The van der Waals surface area contributed by atoms with Crippen LogP contribution >= 0.6 is 11.3 Å². The summed E-state index contributed by atoms with van der Waals surface area (Å²) in [5, 5.41) is 17.3. The van der Waals surface area contributed by atoms with Crippen LogP contribution in [0.15, 0.2) is 78.6 Å². The number of aromatic nitrogens is 7. The predicted molar refractivity (Wildman–Crippen MR) is 132 cm³/mol. The van der Waals surface area contributed by atoms with Crippen LogP contribution in [0.3, 0.4) is 0 Å². The van der Waals surface area contributed by atoms with Crippen LogP contribution in [-0.2, 0) is 14.3 Å². The summed E-state index contributed by atoms with van der Waals surface area (Å²) in [5.74, 6) is -0.379. The van der Waals surface area contributed by atoms with Gasteiger partial charge in [0.2, 0.25) is 0 Å². The van der Waals surface area contributed by atoms with Crippen LogP contribution in [0.1, 0.15) is 24.8 Å². The van der Waals surface area contributed by atoms with Gasteiger partial charge in [-0.3, -0.25) is 4.79 Å². The van der Waals surface area contributed by atoms with Crippen LogP contribution in [0.2, 0.25) is 0 Å². The number of hydrogen-bond donors (Lipinski definition) is 0. The zero-order valence-corrected chi connectivity index (χ0v) is 20.0. The molecule has 0 fully saturated rings. The summed E-state index contributed by atoms with van der Waals surface area (Å²) in [6.45, 7) is 1.44. The average Bonchev–Trinajstić information content (AvgIpc) is 3.68. The minimum absolute atomic E-state index is 0.0652. The second-order valence-corrected chi connectivity index (χ2v) is 9.14. The van der Waals surface area contributed by atoms with E-state index in [1.807, 2.05) is 78.6 Å². The quantitative estimate of drug-likeness (QED) is 0.255. The third-order valence-electron chi connectivity index (χ3n) is 5.91. The van der Waals surface area contributed by atoms with Crippen LogP contribution < -0.4 is 0 Å². The number of nitrogens with zero attached hydrogens (tertiary/aromatic N) is 7. The molecule has 2 aromatic carbocycles. The van der Waals surface area contributed by atoms with E-state index >= 15 is 0 Å². The maximum Gasteiger partial charge on any atom is 0.302 e. The molecule has 3 aromatic heterocycles. The van der Waals surface area contributed by atoms with Gasteiger partial charge in [0.25, 0.3) is 0 Å². The maximum atomic E-state index is 11.6. The summed E-state index contributed by atoms with van der Waals surface area (Å²) >= 11 is 1.55. The normalized spacial score (nSPS) is 19.5. The largest absolute Gasteiger partial charge is 0.463 e. The molecule has 3 atom stereocenters. The lowest BCUT2D eigenvalue weighted by molar-refractivity contribution is -0.148. The number of fused-ring (bicyclic) bond motifs is 1. The molecule has 0 spiro atoms. The van der Waals surface area contributed by atoms with Crippen molar-refractivity contribution in [1.29, 1.82) is 0 Å². The van der Waals surface area contributed by atoms with E-state index in [0.29, 0.717) is 5.69 Å². The Morgan fingerprint density at radius 2 is 1.94 bits per heavy atom. The maximum absolute atomic E-state index is 11.6. The second-order valence-electron chi connectivity index (χ2n) is 8.29. The summed E-state index contributed by atoms with van der Waals surface area (Å²) < 4.78 is 16.1. The van der Waals surface area contributed by atoms with Crippen LogP contribution in [0, 0.1) is 0 Å². The van der Waals surface area contributed by atoms with Gasteiger partial charge in [-0.05, 0) is 12.1 Å². The molecule has 0 radical (unpaired) electrons. The Balaban J connectivity index is 1.28. The second kappa shape index (κ2) is 9.44. The summed E-state index contributed by atoms with van der Waals surface area (Å²) in [5.41, 5.74) is 5.98. The lowest BCUT2D eigenvalue weighted by Gasteiger charge is -2.31. The highest BCUT2D eigenvalue weighted by Gasteiger charge is 2.32. The molecule has 11 heteroatoms. The van der Waals surface area contributed by atoms with Crippen LogP contribution in [0.25, 0.3) is 27.2 Å². The molecular weight excluding hydrogens is 478 g/mol. The first-order valence-corrected chi connectivity index (χ1v) is 12.2. The Morgan fingerprint density at radius 3 is 2.81 bits per heavy atom. The number of thiazole rings is 1. The number of hydrogen-bond acceptors (Lipinski definition) is 9. The van der Waals surface area contributed by atoms with E-state index in [2.05, 4.69) is 25.6 Å². The minimum Gasteiger partial charge on any atom is -0.463 e. The lowest BCUT2D eigenvalue weighted by Crippen LogP contribution is -2.35. The number of ether oxygens (including phenoxy) is 2. The van der Waals surface area contributed by atoms with Gasteiger partial charge >= 0.3 is 5.97 Å². The molecule has 0 amide bonds. The molecule has 180 valence electrons. The van der Waals surface area contributed by atoms with Gasteiger partial charge in [-0.2, -0.15) is 0 Å². The van der Waals surface area contributed by atoms with Crippen LogP contribution in [0.5, 0.6) is 0 Å². The van der Waals surface area contributed by atoms with E-state index in [1.165, 1.54) is 6.92 Å². The number of benzene rings is 2. The van der Waals surface area contributed by atoms with Gasteiger partial charge in [0.05, 0.1) is 33.8 Å². The summed E-state index contributed by atoms with van der Waals surface area (Å²) in [6, 6.07) is 15.4. The van der Waals surface area contributed by atoms with E-state index in [9.17, 15) is 4.79 Å². The number of carbonyl (C=O) groups excluding carboxylic acids is 1. The number of esters is 1. The topological polar surface area (TPSA) is 110 Å². The monoisotopic (exact) mass is 499 g/mol. The van der Waals surface area contributed by atoms with Gasteiger partial charge < -0.3 is 9.47 Å². The van der Waals surface area contributed by atoms with Crippen molar-refractivity contribution in [3.63, 3.8) is 0 Å². The van der Waals surface area contributed by atoms with Crippen molar-refractivity contribution in [3.05, 3.63) is 84.3 Å². The Labute approximate surface area is 209 Å². The molecule has 0 aliphatic carbocycles. The number of carbonyl (C=O) groups is 1. The van der Waals surface area contributed by atoms with Gasteiger partial charge in [0.1, 0.15) is 36.2 Å². The van der Waals surface area contributed by atoms with Gasteiger partial charge in [-0.1, -0.05) is 59.0 Å². The highest BCUT2D eigenvalue weighted by atomic mass is 32.1. The van der Waals surface area contributed by atoms with Crippen molar-refractivity contribution in [2.75, 3.05) is 6.61 Å². The average molecular weight is 500 g/mol. The third-order valence-corrected chi connectivity index (χ3v) is 6.77. The summed E-state index contributed by atoms with van der Waals surface area (Å²) in [6.07, 6.45) is 6.64. The SMILES string of the molecule is CC(=O)OC[C@H]1O[C@H](c2cn(-c3cccc4ncsc34)nn2)C=C[C@@H]1n1cc(-c2ccccc2)nn1.